The Morgan fingerprint density at radius 2 is 1.76 bits per heavy atom. The zero-order chi connectivity index (χ0) is 21.3. The predicted octanol–water partition coefficient (Wildman–Crippen LogP) is 6.86. The van der Waals surface area contributed by atoms with Gasteiger partial charge < -0.3 is 9.55 Å². The summed E-state index contributed by atoms with van der Waals surface area (Å²) in [5, 5.41) is 4.74. The molecule has 0 aliphatic heterocycles. The second kappa shape index (κ2) is 8.44. The molecule has 29 heavy (non-hydrogen) atoms. The van der Waals surface area contributed by atoms with Crippen LogP contribution in [0.1, 0.15) is 47.1 Å². The number of anilines is 1. The van der Waals surface area contributed by atoms with E-state index in [9.17, 15) is 0 Å². The average Bonchev–Trinajstić information content (AvgIpc) is 2.96. The first-order valence-electron chi connectivity index (χ1n) is 10.2. The molecular weight excluding hydrogens is 403 g/mol. The molecule has 2 heterocycles. The van der Waals surface area contributed by atoms with Gasteiger partial charge in [0.2, 0.25) is 0 Å². The van der Waals surface area contributed by atoms with Gasteiger partial charge in [0.15, 0.2) is 8.24 Å². The van der Waals surface area contributed by atoms with E-state index in [2.05, 4.69) is 61.1 Å². The minimum absolute atomic E-state index is 0.228. The average molecular weight is 433 g/mol. The number of nitrogens with zero attached hydrogens (tertiary/aromatic N) is 3. The van der Waals surface area contributed by atoms with Gasteiger partial charge in [-0.1, -0.05) is 53.1 Å². The van der Waals surface area contributed by atoms with Crippen LogP contribution in [0.25, 0.3) is 10.9 Å². The lowest BCUT2D eigenvalue weighted by atomic mass is 10.1. The van der Waals surface area contributed by atoms with E-state index in [4.69, 9.17) is 11.6 Å². The molecule has 0 saturated carbocycles. The second-order valence-electron chi connectivity index (χ2n) is 8.61. The highest BCUT2D eigenvalue weighted by molar-refractivity contribution is 6.82. The van der Waals surface area contributed by atoms with Gasteiger partial charge >= 0.3 is 0 Å². The van der Waals surface area contributed by atoms with Crippen molar-refractivity contribution in [1.82, 2.24) is 14.2 Å². The first-order chi connectivity index (χ1) is 13.7. The van der Waals surface area contributed by atoms with Crippen LogP contribution in [0.4, 0.5) is 10.2 Å². The lowest BCUT2D eigenvalue weighted by Gasteiger charge is -2.44. The molecular formula is C22H30ClFN4Si. The highest BCUT2D eigenvalue weighted by Crippen LogP contribution is 2.45. The van der Waals surface area contributed by atoms with Crippen LogP contribution in [0.3, 0.4) is 0 Å². The highest BCUT2D eigenvalue weighted by atomic mass is 35.5. The molecule has 0 aliphatic carbocycles. The zero-order valence-corrected chi connectivity index (χ0v) is 19.8. The molecule has 0 spiro atoms. The van der Waals surface area contributed by atoms with Crippen LogP contribution in [0.5, 0.6) is 0 Å². The molecule has 4 nitrogen and oxygen atoms in total. The molecule has 0 unspecified atom stereocenters. The van der Waals surface area contributed by atoms with Crippen LogP contribution in [-0.4, -0.2) is 22.4 Å². The lowest BCUT2D eigenvalue weighted by Crippen LogP contribution is -2.51. The summed E-state index contributed by atoms with van der Waals surface area (Å²) < 4.78 is 17.4. The molecule has 156 valence electrons. The van der Waals surface area contributed by atoms with Crippen molar-refractivity contribution in [1.29, 1.82) is 0 Å². The van der Waals surface area contributed by atoms with Crippen LogP contribution in [0.15, 0.2) is 36.9 Å². The fourth-order valence-electron chi connectivity index (χ4n) is 5.12. The first-order valence-corrected chi connectivity index (χ1v) is 12.7. The Hall–Kier alpha value is -1.92. The topological polar surface area (TPSA) is 42.7 Å². The maximum atomic E-state index is 15.1. The summed E-state index contributed by atoms with van der Waals surface area (Å²) in [6.45, 7) is 14.1. The quantitative estimate of drug-likeness (QED) is 0.414. The van der Waals surface area contributed by atoms with Crippen molar-refractivity contribution in [3.8, 4) is 0 Å². The normalized spacial score (nSPS) is 12.5. The molecule has 1 aromatic carbocycles. The van der Waals surface area contributed by atoms with Gasteiger partial charge in [-0.05, 0) is 34.8 Å². The van der Waals surface area contributed by atoms with E-state index < -0.39 is 8.24 Å². The second-order valence-corrected chi connectivity index (χ2v) is 14.7. The van der Waals surface area contributed by atoms with Gasteiger partial charge in [-0.15, -0.1) is 0 Å². The summed E-state index contributed by atoms with van der Waals surface area (Å²) in [6, 6.07) is 5.29. The van der Waals surface area contributed by atoms with E-state index in [-0.39, 0.29) is 5.82 Å². The summed E-state index contributed by atoms with van der Waals surface area (Å²) in [4.78, 5) is 8.03. The molecule has 3 rings (SSSR count). The zero-order valence-electron chi connectivity index (χ0n) is 18.0. The molecule has 0 aliphatic rings. The van der Waals surface area contributed by atoms with Gasteiger partial charge in [0.05, 0.1) is 5.02 Å². The third-order valence-corrected chi connectivity index (χ3v) is 13.2. The number of nitrogens with one attached hydrogen (secondary N) is 1. The standard InChI is InChI=1S/C22H30ClFN4Si/c1-14(2)29(15(3)4,16(5)6)28-12-19(23)18-9-17(20(24)10-21(18)28)11-26-22-7-8-25-13-27-22/h7-10,12-16H,11H2,1-6H3,(H,25,26,27). The molecule has 0 bridgehead atoms. The van der Waals surface area contributed by atoms with Gasteiger partial charge in [0.1, 0.15) is 18.0 Å². The summed E-state index contributed by atoms with van der Waals surface area (Å²) >= 11 is 6.68. The number of hydrogen-bond donors (Lipinski definition) is 1. The van der Waals surface area contributed by atoms with Crippen molar-refractivity contribution in [2.75, 3.05) is 5.32 Å². The maximum Gasteiger partial charge on any atom is 0.169 e. The monoisotopic (exact) mass is 432 g/mol. The van der Waals surface area contributed by atoms with Gasteiger partial charge in [0, 0.05) is 35.4 Å². The minimum Gasteiger partial charge on any atom is -0.372 e. The first kappa shape index (κ1) is 21.8. The van der Waals surface area contributed by atoms with Crippen LogP contribution < -0.4 is 5.32 Å². The fraction of sp³-hybridized carbons (Fsp3) is 0.455. The van der Waals surface area contributed by atoms with Crippen LogP contribution in [-0.2, 0) is 6.54 Å². The Kier molecular flexibility index (Phi) is 6.34. The Morgan fingerprint density at radius 3 is 2.31 bits per heavy atom. The third-order valence-electron chi connectivity index (χ3n) is 6.16. The Morgan fingerprint density at radius 1 is 1.10 bits per heavy atom. The van der Waals surface area contributed by atoms with E-state index in [1.54, 1.807) is 18.3 Å². The van der Waals surface area contributed by atoms with E-state index in [1.165, 1.54) is 6.33 Å². The van der Waals surface area contributed by atoms with Crippen molar-refractivity contribution >= 4 is 36.6 Å². The molecule has 0 atom stereocenters. The molecule has 0 fully saturated rings. The highest BCUT2D eigenvalue weighted by Gasteiger charge is 2.46. The Bertz CT molecular complexity index is 964. The summed E-state index contributed by atoms with van der Waals surface area (Å²) in [7, 11) is -2.03. The van der Waals surface area contributed by atoms with E-state index in [1.807, 2.05) is 12.3 Å². The van der Waals surface area contributed by atoms with Crippen molar-refractivity contribution in [3.63, 3.8) is 0 Å². The summed E-state index contributed by atoms with van der Waals surface area (Å²) in [6.07, 6.45) is 5.16. The van der Waals surface area contributed by atoms with Crippen molar-refractivity contribution in [2.24, 2.45) is 0 Å². The SMILES string of the molecule is CC(C)[Si](C(C)C)(C(C)C)n1cc(Cl)c2cc(CNc3ccncn3)c(F)cc21. The van der Waals surface area contributed by atoms with Gasteiger partial charge in [-0.3, -0.25) is 0 Å². The number of halogens is 2. The maximum absolute atomic E-state index is 15.1. The number of rotatable bonds is 7. The molecule has 0 radical (unpaired) electrons. The smallest absolute Gasteiger partial charge is 0.169 e. The minimum atomic E-state index is -2.03. The van der Waals surface area contributed by atoms with Crippen molar-refractivity contribution < 1.29 is 4.39 Å². The summed E-state index contributed by atoms with van der Waals surface area (Å²) in [5.41, 5.74) is 2.96. The van der Waals surface area contributed by atoms with E-state index in [0.717, 1.165) is 10.9 Å². The van der Waals surface area contributed by atoms with Gasteiger partial charge in [-0.25, -0.2) is 14.4 Å². The summed E-state index contributed by atoms with van der Waals surface area (Å²) in [5.74, 6) is 0.434. The van der Waals surface area contributed by atoms with Gasteiger partial charge in [-0.2, -0.15) is 0 Å². The molecule has 0 amide bonds. The Balaban J connectivity index is 2.09. The van der Waals surface area contributed by atoms with Crippen LogP contribution >= 0.6 is 11.6 Å². The number of hydrogen-bond acceptors (Lipinski definition) is 3. The molecule has 3 aromatic rings. The van der Waals surface area contributed by atoms with E-state index >= 15 is 4.39 Å². The van der Waals surface area contributed by atoms with E-state index in [0.29, 0.717) is 39.6 Å². The van der Waals surface area contributed by atoms with Crippen LogP contribution in [0.2, 0.25) is 21.6 Å². The molecule has 2 aromatic heterocycles. The number of fused-ring (bicyclic) bond motifs is 1. The number of benzene rings is 1. The fourth-order valence-corrected chi connectivity index (χ4v) is 12.1. The largest absolute Gasteiger partial charge is 0.372 e. The lowest BCUT2D eigenvalue weighted by molar-refractivity contribution is 0.614. The molecule has 7 heteroatoms. The predicted molar refractivity (Wildman–Crippen MR) is 123 cm³/mol. The molecule has 0 saturated heterocycles. The van der Waals surface area contributed by atoms with Crippen LogP contribution in [0, 0.1) is 5.82 Å². The molecule has 1 N–H and O–H groups in total. The van der Waals surface area contributed by atoms with Gasteiger partial charge in [0.25, 0.3) is 0 Å². The van der Waals surface area contributed by atoms with Crippen molar-refractivity contribution in [3.05, 3.63) is 53.3 Å². The third kappa shape index (κ3) is 3.80. The Labute approximate surface area is 178 Å². The number of aromatic nitrogens is 3. The van der Waals surface area contributed by atoms with Crippen molar-refractivity contribution in [2.45, 2.75) is 64.7 Å².